The number of carbonyl (C=O) groups excluding carboxylic acids is 1. The molecule has 0 atom stereocenters. The number of rotatable bonds is 2. The van der Waals surface area contributed by atoms with Gasteiger partial charge in [0, 0.05) is 21.0 Å². The van der Waals surface area contributed by atoms with E-state index in [0.29, 0.717) is 10.9 Å². The van der Waals surface area contributed by atoms with Crippen molar-refractivity contribution in [2.24, 2.45) is 0 Å². The van der Waals surface area contributed by atoms with Crippen LogP contribution in [0.5, 0.6) is 5.75 Å². The van der Waals surface area contributed by atoms with Crippen LogP contribution in [0.2, 0.25) is 0 Å². The molecule has 0 aliphatic carbocycles. The van der Waals surface area contributed by atoms with E-state index in [9.17, 15) is 9.90 Å². The second-order valence-corrected chi connectivity index (χ2v) is 4.40. The average Bonchev–Trinajstić information content (AvgIpc) is 2.61. The molecule has 1 heterocycles. The quantitative estimate of drug-likeness (QED) is 0.672. The van der Waals surface area contributed by atoms with E-state index in [4.69, 9.17) is 0 Å². The van der Waals surface area contributed by atoms with Crippen LogP contribution in [0.25, 0.3) is 10.1 Å². The summed E-state index contributed by atoms with van der Waals surface area (Å²) in [5.74, 6) is 0.181. The van der Waals surface area contributed by atoms with Crippen molar-refractivity contribution < 1.29 is 9.90 Å². The van der Waals surface area contributed by atoms with Crippen molar-refractivity contribution in [3.8, 4) is 5.75 Å². The van der Waals surface area contributed by atoms with Gasteiger partial charge < -0.3 is 5.11 Å². The van der Waals surface area contributed by atoms with Crippen LogP contribution in [0.1, 0.15) is 15.9 Å². The molecule has 0 saturated heterocycles. The summed E-state index contributed by atoms with van der Waals surface area (Å²) in [6.45, 7) is 0. The van der Waals surface area contributed by atoms with Crippen LogP contribution in [0.4, 0.5) is 0 Å². The number of fused-ring (bicyclic) bond motifs is 1. The zero-order valence-electron chi connectivity index (χ0n) is 7.16. The molecule has 0 aliphatic rings. The van der Waals surface area contributed by atoms with Crippen LogP contribution in [0.3, 0.4) is 0 Å². The first-order chi connectivity index (χ1) is 6.76. The molecule has 1 aromatic heterocycles. The molecule has 0 fully saturated rings. The van der Waals surface area contributed by atoms with Gasteiger partial charge in [0.05, 0.1) is 0 Å². The predicted molar refractivity (Wildman–Crippen MR) is 61.5 cm³/mol. The van der Waals surface area contributed by atoms with Gasteiger partial charge >= 0.3 is 0 Å². The number of carbonyl (C=O) groups is 1. The molecule has 0 saturated carbocycles. The second kappa shape index (κ2) is 3.71. The molecule has 1 aromatic carbocycles. The molecular formula is C10H7BrO2S. The Morgan fingerprint density at radius 1 is 1.50 bits per heavy atom. The van der Waals surface area contributed by atoms with E-state index in [1.807, 2.05) is 5.38 Å². The first-order valence-electron chi connectivity index (χ1n) is 4.00. The Kier molecular flexibility index (Phi) is 2.56. The van der Waals surface area contributed by atoms with Gasteiger partial charge in [-0.05, 0) is 23.1 Å². The van der Waals surface area contributed by atoms with Crippen molar-refractivity contribution in [1.29, 1.82) is 0 Å². The summed E-state index contributed by atoms with van der Waals surface area (Å²) in [7, 11) is 0. The fraction of sp³-hybridized carbons (Fsp3) is 0.100. The average molecular weight is 271 g/mol. The third kappa shape index (κ3) is 1.44. The molecule has 4 heteroatoms. The Morgan fingerprint density at radius 3 is 2.93 bits per heavy atom. The third-order valence-electron chi connectivity index (χ3n) is 2.03. The number of alkyl halides is 1. The van der Waals surface area contributed by atoms with Crippen molar-refractivity contribution in [3.05, 3.63) is 28.6 Å². The largest absolute Gasteiger partial charge is 0.507 e. The monoisotopic (exact) mass is 270 g/mol. The number of phenols is 1. The molecule has 0 amide bonds. The summed E-state index contributed by atoms with van der Waals surface area (Å²) in [5, 5.41) is 13.2. The van der Waals surface area contributed by atoms with Crippen LogP contribution in [-0.2, 0) is 5.33 Å². The lowest BCUT2D eigenvalue weighted by atomic mass is 10.1. The van der Waals surface area contributed by atoms with E-state index in [1.54, 1.807) is 6.07 Å². The summed E-state index contributed by atoms with van der Waals surface area (Å²) in [6, 6.07) is 3.28. The zero-order valence-corrected chi connectivity index (χ0v) is 9.56. The van der Waals surface area contributed by atoms with Gasteiger partial charge in [-0.1, -0.05) is 15.9 Å². The molecule has 2 rings (SSSR count). The summed E-state index contributed by atoms with van der Waals surface area (Å²) < 4.78 is 0.946. The lowest BCUT2D eigenvalue weighted by Crippen LogP contribution is -1.80. The summed E-state index contributed by atoms with van der Waals surface area (Å²) in [4.78, 5) is 10.6. The van der Waals surface area contributed by atoms with Crippen molar-refractivity contribution in [1.82, 2.24) is 0 Å². The number of hydrogen-bond donors (Lipinski definition) is 1. The lowest BCUT2D eigenvalue weighted by Gasteiger charge is -1.99. The van der Waals surface area contributed by atoms with Crippen molar-refractivity contribution in [3.63, 3.8) is 0 Å². The van der Waals surface area contributed by atoms with Crippen LogP contribution in [-0.4, -0.2) is 11.4 Å². The SMILES string of the molecule is O=Cc1cc(O)c2c(CBr)csc2c1. The van der Waals surface area contributed by atoms with Crippen LogP contribution >= 0.6 is 27.3 Å². The highest BCUT2D eigenvalue weighted by atomic mass is 79.9. The maximum atomic E-state index is 10.6. The molecule has 2 aromatic rings. The number of halogens is 1. The smallest absolute Gasteiger partial charge is 0.150 e. The van der Waals surface area contributed by atoms with E-state index >= 15 is 0 Å². The Hall–Kier alpha value is -0.870. The maximum Gasteiger partial charge on any atom is 0.150 e. The molecule has 0 unspecified atom stereocenters. The number of thiophene rings is 1. The summed E-state index contributed by atoms with van der Waals surface area (Å²) in [6.07, 6.45) is 0.743. The number of benzene rings is 1. The Morgan fingerprint density at radius 2 is 2.29 bits per heavy atom. The highest BCUT2D eigenvalue weighted by Crippen LogP contribution is 2.35. The minimum absolute atomic E-state index is 0.181. The predicted octanol–water partition coefficient (Wildman–Crippen LogP) is 3.31. The topological polar surface area (TPSA) is 37.3 Å². The van der Waals surface area contributed by atoms with Gasteiger partial charge in [-0.15, -0.1) is 11.3 Å². The van der Waals surface area contributed by atoms with Crippen LogP contribution in [0, 0.1) is 0 Å². The standard InChI is InChI=1S/C10H7BrO2S/c11-3-7-5-14-9-2-6(4-12)1-8(13)10(7)9/h1-2,4-5,13H,3H2. The molecular weight excluding hydrogens is 264 g/mol. The lowest BCUT2D eigenvalue weighted by molar-refractivity contribution is 0.112. The minimum atomic E-state index is 0.181. The molecule has 2 nitrogen and oxygen atoms in total. The maximum absolute atomic E-state index is 10.6. The number of aromatic hydroxyl groups is 1. The van der Waals surface area contributed by atoms with Crippen molar-refractivity contribution in [2.45, 2.75) is 5.33 Å². The van der Waals surface area contributed by atoms with Gasteiger partial charge in [-0.2, -0.15) is 0 Å². The summed E-state index contributed by atoms with van der Waals surface area (Å²) in [5.41, 5.74) is 1.57. The van der Waals surface area contributed by atoms with Gasteiger partial charge in [-0.25, -0.2) is 0 Å². The van der Waals surface area contributed by atoms with Crippen LogP contribution < -0.4 is 0 Å². The Labute approximate surface area is 93.3 Å². The molecule has 72 valence electrons. The van der Waals surface area contributed by atoms with Crippen molar-refractivity contribution >= 4 is 43.6 Å². The van der Waals surface area contributed by atoms with E-state index in [1.165, 1.54) is 17.4 Å². The molecule has 0 spiro atoms. The molecule has 0 aliphatic heterocycles. The van der Waals surface area contributed by atoms with Gasteiger partial charge in [-0.3, -0.25) is 4.79 Å². The second-order valence-electron chi connectivity index (χ2n) is 2.93. The molecule has 0 radical (unpaired) electrons. The first-order valence-corrected chi connectivity index (χ1v) is 6.00. The van der Waals surface area contributed by atoms with Gasteiger partial charge in [0.25, 0.3) is 0 Å². The van der Waals surface area contributed by atoms with Gasteiger partial charge in [0.15, 0.2) is 0 Å². The molecule has 14 heavy (non-hydrogen) atoms. The highest BCUT2D eigenvalue weighted by Gasteiger charge is 2.08. The minimum Gasteiger partial charge on any atom is -0.507 e. The first kappa shape index (κ1) is 9.68. The van der Waals surface area contributed by atoms with E-state index in [-0.39, 0.29) is 5.75 Å². The highest BCUT2D eigenvalue weighted by molar-refractivity contribution is 9.08. The fourth-order valence-electron chi connectivity index (χ4n) is 1.40. The Bertz CT molecular complexity index is 490. The fourth-order valence-corrected chi connectivity index (χ4v) is 3.08. The normalized spacial score (nSPS) is 10.6. The molecule has 1 N–H and O–H groups in total. The van der Waals surface area contributed by atoms with Gasteiger partial charge in [0.2, 0.25) is 0 Å². The van der Waals surface area contributed by atoms with E-state index in [2.05, 4.69) is 15.9 Å². The van der Waals surface area contributed by atoms with Crippen molar-refractivity contribution in [2.75, 3.05) is 0 Å². The third-order valence-corrected chi connectivity index (χ3v) is 3.62. The number of hydrogen-bond acceptors (Lipinski definition) is 3. The number of phenolic OH excluding ortho intramolecular Hbond substituents is 1. The number of aldehydes is 1. The van der Waals surface area contributed by atoms with Crippen LogP contribution in [0.15, 0.2) is 17.5 Å². The summed E-state index contributed by atoms with van der Waals surface area (Å²) >= 11 is 4.89. The van der Waals surface area contributed by atoms with E-state index < -0.39 is 0 Å². The van der Waals surface area contributed by atoms with Gasteiger partial charge in [0.1, 0.15) is 12.0 Å². The molecule has 0 bridgehead atoms. The zero-order chi connectivity index (χ0) is 10.1. The van der Waals surface area contributed by atoms with E-state index in [0.717, 1.165) is 21.9 Å². The Balaban J connectivity index is 2.78.